The Bertz CT molecular complexity index is 422. The van der Waals surface area contributed by atoms with Crippen LogP contribution in [-0.4, -0.2) is 0 Å². The fourth-order valence-electron chi connectivity index (χ4n) is 2.18. The van der Waals surface area contributed by atoms with Crippen molar-refractivity contribution in [3.63, 3.8) is 0 Å². The van der Waals surface area contributed by atoms with E-state index < -0.39 is 0 Å². The van der Waals surface area contributed by atoms with E-state index in [1.54, 1.807) is 0 Å². The number of benzene rings is 1. The van der Waals surface area contributed by atoms with Gasteiger partial charge in [-0.25, -0.2) is 0 Å². The molecule has 0 saturated carbocycles. The van der Waals surface area contributed by atoms with E-state index in [-0.39, 0.29) is 0 Å². The second-order valence-corrected chi connectivity index (χ2v) is 5.91. The molecule has 0 aliphatic heterocycles. The second kappa shape index (κ2) is 3.97. The third kappa shape index (κ3) is 2.46. The maximum absolute atomic E-state index is 5.80. The van der Waals surface area contributed by atoms with Crippen LogP contribution in [0, 0.1) is 5.41 Å². The van der Waals surface area contributed by atoms with Crippen LogP contribution in [0.15, 0.2) is 24.3 Å². The lowest BCUT2D eigenvalue weighted by molar-refractivity contribution is 0.421. The Morgan fingerprint density at radius 3 is 2.69 bits per heavy atom. The van der Waals surface area contributed by atoms with Crippen molar-refractivity contribution in [1.29, 1.82) is 0 Å². The van der Waals surface area contributed by atoms with Crippen molar-refractivity contribution >= 4 is 11.3 Å². The lowest BCUT2D eigenvalue weighted by Gasteiger charge is -2.15. The molecular weight excluding hydrogens is 194 g/mol. The minimum absolute atomic E-state index is 0.379. The Balaban J connectivity index is 2.24. The van der Waals surface area contributed by atoms with Crippen molar-refractivity contribution in [2.75, 3.05) is 5.73 Å². The summed E-state index contributed by atoms with van der Waals surface area (Å²) < 4.78 is 0. The molecule has 0 radical (unpaired) electrons. The van der Waals surface area contributed by atoms with Crippen LogP contribution in [0.4, 0.5) is 5.69 Å². The van der Waals surface area contributed by atoms with Gasteiger partial charge in [-0.05, 0) is 53.5 Å². The van der Waals surface area contributed by atoms with E-state index in [1.165, 1.54) is 23.1 Å². The first kappa shape index (κ1) is 11.3. The summed E-state index contributed by atoms with van der Waals surface area (Å²) >= 11 is 0. The van der Waals surface area contributed by atoms with Crippen LogP contribution >= 0.6 is 0 Å². The van der Waals surface area contributed by atoms with Gasteiger partial charge in [0.25, 0.3) is 0 Å². The van der Waals surface area contributed by atoms with E-state index in [9.17, 15) is 0 Å². The van der Waals surface area contributed by atoms with E-state index in [0.29, 0.717) is 5.41 Å². The summed E-state index contributed by atoms with van der Waals surface area (Å²) in [6.07, 6.45) is 5.87. The Morgan fingerprint density at radius 2 is 2.00 bits per heavy atom. The van der Waals surface area contributed by atoms with Gasteiger partial charge in [0.1, 0.15) is 0 Å². The number of allylic oxidation sites excluding steroid dienone is 2. The molecule has 1 aliphatic rings. The number of anilines is 1. The highest BCUT2D eigenvalue weighted by atomic mass is 14.5. The molecule has 16 heavy (non-hydrogen) atoms. The number of aryl methyl sites for hydroxylation is 1. The fraction of sp³-hybridized carbons (Fsp3) is 0.467. The summed E-state index contributed by atoms with van der Waals surface area (Å²) in [4.78, 5) is 0. The van der Waals surface area contributed by atoms with Gasteiger partial charge in [0.05, 0.1) is 0 Å². The molecule has 0 saturated heterocycles. The van der Waals surface area contributed by atoms with Crippen molar-refractivity contribution in [1.82, 2.24) is 0 Å². The van der Waals surface area contributed by atoms with E-state index >= 15 is 0 Å². The van der Waals surface area contributed by atoms with Crippen molar-refractivity contribution in [3.8, 4) is 0 Å². The molecular formula is C15H21N. The van der Waals surface area contributed by atoms with E-state index in [4.69, 9.17) is 5.73 Å². The van der Waals surface area contributed by atoms with Gasteiger partial charge in [0.15, 0.2) is 0 Å². The summed E-state index contributed by atoms with van der Waals surface area (Å²) in [5.74, 6) is 0. The Morgan fingerprint density at radius 1 is 1.25 bits per heavy atom. The highest BCUT2D eigenvalue weighted by molar-refractivity contribution is 5.74. The number of nitrogens with two attached hydrogens (primary N) is 1. The zero-order valence-corrected chi connectivity index (χ0v) is 10.5. The van der Waals surface area contributed by atoms with Crippen LogP contribution < -0.4 is 5.73 Å². The molecule has 2 N–H and O–H groups in total. The third-order valence-electron chi connectivity index (χ3n) is 3.10. The van der Waals surface area contributed by atoms with Gasteiger partial charge in [-0.1, -0.05) is 32.9 Å². The lowest BCUT2D eigenvalue weighted by atomic mass is 9.90. The molecule has 1 aromatic rings. The maximum Gasteiger partial charge on any atom is 0.0317 e. The lowest BCUT2D eigenvalue weighted by Crippen LogP contribution is -2.02. The summed E-state index contributed by atoms with van der Waals surface area (Å²) in [5, 5.41) is 0. The van der Waals surface area contributed by atoms with Gasteiger partial charge >= 0.3 is 0 Å². The van der Waals surface area contributed by atoms with Crippen LogP contribution in [0.1, 0.15) is 44.7 Å². The molecule has 0 heterocycles. The zero-order valence-electron chi connectivity index (χ0n) is 10.5. The zero-order chi connectivity index (χ0) is 11.8. The second-order valence-electron chi connectivity index (χ2n) is 5.91. The van der Waals surface area contributed by atoms with Crippen molar-refractivity contribution < 1.29 is 0 Å². The molecule has 0 unspecified atom stereocenters. The van der Waals surface area contributed by atoms with Crippen LogP contribution in [0.2, 0.25) is 0 Å². The van der Waals surface area contributed by atoms with Gasteiger partial charge in [0, 0.05) is 5.69 Å². The molecule has 0 aromatic heterocycles. The van der Waals surface area contributed by atoms with E-state index in [0.717, 1.165) is 18.5 Å². The summed E-state index contributed by atoms with van der Waals surface area (Å²) in [6, 6.07) is 6.30. The van der Waals surface area contributed by atoms with Gasteiger partial charge < -0.3 is 5.73 Å². The highest BCUT2D eigenvalue weighted by Gasteiger charge is 2.17. The maximum atomic E-state index is 5.80. The third-order valence-corrected chi connectivity index (χ3v) is 3.10. The SMILES string of the molecule is CC(C)(C)CC=C1CCc2cc(N)ccc21. The summed E-state index contributed by atoms with van der Waals surface area (Å²) in [7, 11) is 0. The normalized spacial score (nSPS) is 17.8. The average molecular weight is 215 g/mol. The monoisotopic (exact) mass is 215 g/mol. The van der Waals surface area contributed by atoms with Crippen LogP contribution in [0.3, 0.4) is 0 Å². The first-order chi connectivity index (χ1) is 7.46. The summed E-state index contributed by atoms with van der Waals surface area (Å²) in [5.41, 5.74) is 11.4. The molecule has 2 rings (SSSR count). The largest absolute Gasteiger partial charge is 0.399 e. The minimum atomic E-state index is 0.379. The molecule has 0 spiro atoms. The first-order valence-electron chi connectivity index (χ1n) is 6.03. The van der Waals surface area contributed by atoms with Gasteiger partial charge in [0.2, 0.25) is 0 Å². The number of hydrogen-bond donors (Lipinski definition) is 1. The Kier molecular flexibility index (Phi) is 2.79. The molecule has 0 amide bonds. The van der Waals surface area contributed by atoms with Crippen molar-refractivity contribution in [3.05, 3.63) is 35.4 Å². The number of rotatable bonds is 1. The fourth-order valence-corrected chi connectivity index (χ4v) is 2.18. The quantitative estimate of drug-likeness (QED) is 0.703. The van der Waals surface area contributed by atoms with Crippen molar-refractivity contribution in [2.45, 2.75) is 40.0 Å². The number of fused-ring (bicyclic) bond motifs is 1. The molecule has 86 valence electrons. The smallest absolute Gasteiger partial charge is 0.0317 e. The number of hydrogen-bond acceptors (Lipinski definition) is 1. The predicted molar refractivity (Wildman–Crippen MR) is 71.2 cm³/mol. The molecule has 0 fully saturated rings. The Hall–Kier alpha value is -1.24. The Labute approximate surface area is 98.4 Å². The molecule has 0 atom stereocenters. The molecule has 1 nitrogen and oxygen atoms in total. The van der Waals surface area contributed by atoms with Gasteiger partial charge in [-0.2, -0.15) is 0 Å². The molecule has 1 aromatic carbocycles. The van der Waals surface area contributed by atoms with Crippen molar-refractivity contribution in [2.24, 2.45) is 5.41 Å². The van der Waals surface area contributed by atoms with Crippen LogP contribution in [-0.2, 0) is 6.42 Å². The van der Waals surface area contributed by atoms with Gasteiger partial charge in [-0.15, -0.1) is 0 Å². The van der Waals surface area contributed by atoms with Crippen LogP contribution in [0.25, 0.3) is 5.57 Å². The van der Waals surface area contributed by atoms with E-state index in [2.05, 4.69) is 39.0 Å². The minimum Gasteiger partial charge on any atom is -0.399 e. The molecule has 1 aliphatic carbocycles. The average Bonchev–Trinajstić information content (AvgIpc) is 2.56. The van der Waals surface area contributed by atoms with E-state index in [1.807, 2.05) is 6.07 Å². The van der Waals surface area contributed by atoms with Crippen LogP contribution in [0.5, 0.6) is 0 Å². The number of nitrogen functional groups attached to an aromatic ring is 1. The van der Waals surface area contributed by atoms with Gasteiger partial charge in [-0.3, -0.25) is 0 Å². The molecule has 1 heteroatoms. The summed E-state index contributed by atoms with van der Waals surface area (Å²) in [6.45, 7) is 6.84. The molecule has 0 bridgehead atoms. The highest BCUT2D eigenvalue weighted by Crippen LogP contribution is 2.35. The standard InChI is InChI=1S/C15H21N/c1-15(2,3)9-8-11-4-5-12-10-13(16)6-7-14(11)12/h6-8,10H,4-5,9,16H2,1-3H3. The topological polar surface area (TPSA) is 26.0 Å². The predicted octanol–water partition coefficient (Wildman–Crippen LogP) is 4.03. The first-order valence-corrected chi connectivity index (χ1v) is 6.03.